The first-order valence-electron chi connectivity index (χ1n) is 5.02. The number of aryl methyl sites for hydroxylation is 1. The van der Waals surface area contributed by atoms with Crippen LogP contribution in [0.2, 0.25) is 0 Å². The number of methoxy groups -OCH3 is 1. The monoisotopic (exact) mass is 218 g/mol. The Kier molecular flexibility index (Phi) is 4.03. The van der Waals surface area contributed by atoms with Gasteiger partial charge in [0.15, 0.2) is 0 Å². The first-order valence-corrected chi connectivity index (χ1v) is 5.02. The van der Waals surface area contributed by atoms with Crippen molar-refractivity contribution in [3.05, 3.63) is 34.4 Å². The Hall–Kier alpha value is -1.86. The third kappa shape index (κ3) is 2.05. The summed E-state index contributed by atoms with van der Waals surface area (Å²) in [6.45, 7) is 2.23. The van der Waals surface area contributed by atoms with Gasteiger partial charge in [0.1, 0.15) is 6.07 Å². The maximum absolute atomic E-state index is 11.4. The summed E-state index contributed by atoms with van der Waals surface area (Å²) in [6.07, 6.45) is 0.780. The SMILES string of the molecule is CCc1ccc(C(=O)OC)c(C#N)c1CN. The van der Waals surface area contributed by atoms with Gasteiger partial charge in [-0.1, -0.05) is 13.0 Å². The van der Waals surface area contributed by atoms with Crippen LogP contribution in [0.3, 0.4) is 0 Å². The standard InChI is InChI=1S/C12H14N2O2/c1-3-8-4-5-9(12(15)16-2)11(7-14)10(8)6-13/h4-5H,3,6,13H2,1-2H3. The number of nitrogens with zero attached hydrogens (tertiary/aromatic N) is 1. The summed E-state index contributed by atoms with van der Waals surface area (Å²) < 4.78 is 4.62. The van der Waals surface area contributed by atoms with Crippen LogP contribution >= 0.6 is 0 Å². The van der Waals surface area contributed by atoms with Crippen LogP contribution in [0, 0.1) is 11.3 Å². The van der Waals surface area contributed by atoms with Crippen LogP contribution in [0.15, 0.2) is 12.1 Å². The summed E-state index contributed by atoms with van der Waals surface area (Å²) in [5.74, 6) is -0.506. The van der Waals surface area contributed by atoms with Crippen LogP contribution in [0.5, 0.6) is 0 Å². The normalized spacial score (nSPS) is 9.62. The Balaban J connectivity index is 3.45. The van der Waals surface area contributed by atoms with Gasteiger partial charge in [0.05, 0.1) is 18.2 Å². The molecule has 0 saturated heterocycles. The average molecular weight is 218 g/mol. The number of hydrogen-bond donors (Lipinski definition) is 1. The van der Waals surface area contributed by atoms with E-state index < -0.39 is 5.97 Å². The molecule has 1 aromatic carbocycles. The molecule has 0 unspecified atom stereocenters. The predicted octanol–water partition coefficient (Wildman–Crippen LogP) is 1.37. The smallest absolute Gasteiger partial charge is 0.339 e. The lowest BCUT2D eigenvalue weighted by Gasteiger charge is -2.10. The highest BCUT2D eigenvalue weighted by atomic mass is 16.5. The Labute approximate surface area is 94.6 Å². The zero-order chi connectivity index (χ0) is 12.1. The van der Waals surface area contributed by atoms with Crippen molar-refractivity contribution in [2.45, 2.75) is 19.9 Å². The van der Waals surface area contributed by atoms with Crippen LogP contribution in [0.1, 0.15) is 34.0 Å². The van der Waals surface area contributed by atoms with E-state index in [1.807, 2.05) is 19.1 Å². The fourth-order valence-electron chi connectivity index (χ4n) is 1.66. The van der Waals surface area contributed by atoms with E-state index in [-0.39, 0.29) is 12.1 Å². The first kappa shape index (κ1) is 12.2. The molecule has 0 fully saturated rings. The Morgan fingerprint density at radius 2 is 2.25 bits per heavy atom. The highest BCUT2D eigenvalue weighted by Crippen LogP contribution is 2.19. The van der Waals surface area contributed by atoms with E-state index in [1.54, 1.807) is 6.07 Å². The van der Waals surface area contributed by atoms with Crippen molar-refractivity contribution in [3.8, 4) is 6.07 Å². The van der Waals surface area contributed by atoms with Gasteiger partial charge in [0, 0.05) is 6.54 Å². The molecule has 0 radical (unpaired) electrons. The van der Waals surface area contributed by atoms with E-state index in [0.29, 0.717) is 5.56 Å². The van der Waals surface area contributed by atoms with Gasteiger partial charge in [-0.15, -0.1) is 0 Å². The second-order valence-electron chi connectivity index (χ2n) is 3.29. The second kappa shape index (κ2) is 5.29. The maximum Gasteiger partial charge on any atom is 0.339 e. The quantitative estimate of drug-likeness (QED) is 0.777. The topological polar surface area (TPSA) is 76.1 Å². The van der Waals surface area contributed by atoms with Gasteiger partial charge in [-0.05, 0) is 23.6 Å². The molecule has 0 heterocycles. The van der Waals surface area contributed by atoms with E-state index in [4.69, 9.17) is 11.0 Å². The number of nitriles is 1. The van der Waals surface area contributed by atoms with Crippen molar-refractivity contribution in [3.63, 3.8) is 0 Å². The molecule has 0 aliphatic rings. The van der Waals surface area contributed by atoms with E-state index in [0.717, 1.165) is 17.5 Å². The Bertz CT molecular complexity index is 447. The van der Waals surface area contributed by atoms with Crippen LogP contribution < -0.4 is 5.73 Å². The number of carbonyl (C=O) groups excluding carboxylic acids is 1. The minimum absolute atomic E-state index is 0.247. The van der Waals surface area contributed by atoms with Gasteiger partial charge in [-0.3, -0.25) is 0 Å². The van der Waals surface area contributed by atoms with E-state index >= 15 is 0 Å². The van der Waals surface area contributed by atoms with Crippen molar-refractivity contribution in [2.75, 3.05) is 7.11 Å². The molecule has 4 heteroatoms. The molecule has 2 N–H and O–H groups in total. The van der Waals surface area contributed by atoms with Crippen LogP contribution in [-0.2, 0) is 17.7 Å². The lowest BCUT2D eigenvalue weighted by atomic mass is 9.95. The molecule has 0 aliphatic heterocycles. The molecule has 16 heavy (non-hydrogen) atoms. The van der Waals surface area contributed by atoms with Crippen molar-refractivity contribution in [1.29, 1.82) is 5.26 Å². The fraction of sp³-hybridized carbons (Fsp3) is 0.333. The zero-order valence-corrected chi connectivity index (χ0v) is 9.41. The van der Waals surface area contributed by atoms with Gasteiger partial charge in [-0.25, -0.2) is 4.79 Å². The summed E-state index contributed by atoms with van der Waals surface area (Å²) in [7, 11) is 1.29. The molecule has 0 aliphatic carbocycles. The fourth-order valence-corrected chi connectivity index (χ4v) is 1.66. The highest BCUT2D eigenvalue weighted by molar-refractivity contribution is 5.92. The first-order chi connectivity index (χ1) is 7.69. The number of nitrogens with two attached hydrogens (primary N) is 1. The van der Waals surface area contributed by atoms with Crippen LogP contribution in [0.4, 0.5) is 0 Å². The summed E-state index contributed by atoms with van der Waals surface area (Å²) in [4.78, 5) is 11.4. The minimum atomic E-state index is -0.506. The molecule has 0 bridgehead atoms. The molecule has 1 aromatic rings. The lowest BCUT2D eigenvalue weighted by Crippen LogP contribution is -2.11. The van der Waals surface area contributed by atoms with Gasteiger partial charge in [-0.2, -0.15) is 5.26 Å². The van der Waals surface area contributed by atoms with Crippen molar-refractivity contribution >= 4 is 5.97 Å². The third-order valence-corrected chi connectivity index (χ3v) is 2.51. The molecular weight excluding hydrogens is 204 g/mol. The summed E-state index contributed by atoms with van der Waals surface area (Å²) in [6, 6.07) is 5.45. The van der Waals surface area contributed by atoms with Gasteiger partial charge in [0.25, 0.3) is 0 Å². The van der Waals surface area contributed by atoms with Gasteiger partial charge >= 0.3 is 5.97 Å². The second-order valence-corrected chi connectivity index (χ2v) is 3.29. The van der Waals surface area contributed by atoms with Crippen molar-refractivity contribution in [1.82, 2.24) is 0 Å². The van der Waals surface area contributed by atoms with E-state index in [9.17, 15) is 4.79 Å². The highest BCUT2D eigenvalue weighted by Gasteiger charge is 2.16. The van der Waals surface area contributed by atoms with Gasteiger partial charge in [0.2, 0.25) is 0 Å². The molecule has 4 nitrogen and oxygen atoms in total. The number of carbonyl (C=O) groups is 1. The van der Waals surface area contributed by atoms with E-state index in [2.05, 4.69) is 4.74 Å². The maximum atomic E-state index is 11.4. The predicted molar refractivity (Wildman–Crippen MR) is 59.8 cm³/mol. The number of esters is 1. The molecule has 0 spiro atoms. The Morgan fingerprint density at radius 1 is 1.56 bits per heavy atom. The zero-order valence-electron chi connectivity index (χ0n) is 9.41. The number of benzene rings is 1. The molecule has 84 valence electrons. The molecule has 0 amide bonds. The van der Waals surface area contributed by atoms with Crippen molar-refractivity contribution in [2.24, 2.45) is 5.73 Å². The lowest BCUT2D eigenvalue weighted by molar-refractivity contribution is 0.0600. The molecule has 1 rings (SSSR count). The number of ether oxygens (including phenoxy) is 1. The van der Waals surface area contributed by atoms with Crippen LogP contribution in [-0.4, -0.2) is 13.1 Å². The minimum Gasteiger partial charge on any atom is -0.465 e. The molecule has 0 aromatic heterocycles. The van der Waals surface area contributed by atoms with Crippen molar-refractivity contribution < 1.29 is 9.53 Å². The summed E-state index contributed by atoms with van der Waals surface area (Å²) in [5.41, 5.74) is 7.94. The van der Waals surface area contributed by atoms with Gasteiger partial charge < -0.3 is 10.5 Å². The average Bonchev–Trinajstić information content (AvgIpc) is 2.35. The third-order valence-electron chi connectivity index (χ3n) is 2.51. The van der Waals surface area contributed by atoms with Crippen LogP contribution in [0.25, 0.3) is 0 Å². The molecule has 0 atom stereocenters. The largest absolute Gasteiger partial charge is 0.465 e. The summed E-state index contributed by atoms with van der Waals surface area (Å²) in [5, 5.41) is 9.08. The number of hydrogen-bond acceptors (Lipinski definition) is 4. The summed E-state index contributed by atoms with van der Waals surface area (Å²) >= 11 is 0. The molecule has 0 saturated carbocycles. The Morgan fingerprint density at radius 3 is 2.69 bits per heavy atom. The number of rotatable bonds is 3. The van der Waals surface area contributed by atoms with E-state index in [1.165, 1.54) is 7.11 Å². The molecular formula is C12H14N2O2.